The molecule has 0 aromatic carbocycles. The minimum absolute atomic E-state index is 0.0463. The number of hydrogen-bond donors (Lipinski definition) is 2. The van der Waals surface area contributed by atoms with Crippen molar-refractivity contribution >= 4 is 17.0 Å². The zero-order chi connectivity index (χ0) is 15.9. The largest absolute Gasteiger partial charge is 0.465 e. The van der Waals surface area contributed by atoms with E-state index in [1.165, 1.54) is 7.11 Å². The van der Waals surface area contributed by atoms with Crippen LogP contribution in [-0.2, 0) is 4.74 Å². The van der Waals surface area contributed by atoms with E-state index in [0.717, 1.165) is 19.4 Å². The molecule has 118 valence electrons. The summed E-state index contributed by atoms with van der Waals surface area (Å²) in [6.45, 7) is 5.11. The predicted octanol–water partition coefficient (Wildman–Crippen LogP) is 2.21. The first-order valence-electron chi connectivity index (χ1n) is 7.45. The fourth-order valence-corrected chi connectivity index (χ4v) is 3.22. The van der Waals surface area contributed by atoms with E-state index in [0.29, 0.717) is 22.3 Å². The number of aliphatic hydroxyl groups is 1. The summed E-state index contributed by atoms with van der Waals surface area (Å²) in [6.07, 6.45) is 2.95. The minimum Gasteiger partial charge on any atom is -0.465 e. The van der Waals surface area contributed by atoms with Gasteiger partial charge in [0.15, 0.2) is 0 Å². The van der Waals surface area contributed by atoms with Gasteiger partial charge in [0.25, 0.3) is 0 Å². The first-order valence-corrected chi connectivity index (χ1v) is 7.45. The van der Waals surface area contributed by atoms with Crippen molar-refractivity contribution in [2.75, 3.05) is 13.7 Å². The van der Waals surface area contributed by atoms with Crippen LogP contribution in [0.3, 0.4) is 0 Å². The fourth-order valence-electron chi connectivity index (χ4n) is 3.22. The van der Waals surface area contributed by atoms with Gasteiger partial charge < -0.3 is 14.8 Å². The third-order valence-corrected chi connectivity index (χ3v) is 4.49. The lowest BCUT2D eigenvalue weighted by molar-refractivity contribution is -0.0378. The SMILES string of the molecule is COC(=O)c1ccnc2cc(C(O)N3CCCC3(C)C)[nH]c12. The van der Waals surface area contributed by atoms with Crippen LogP contribution in [0.4, 0.5) is 0 Å². The molecule has 0 aliphatic carbocycles. The van der Waals surface area contributed by atoms with Gasteiger partial charge in [-0.15, -0.1) is 0 Å². The molecule has 1 fully saturated rings. The summed E-state index contributed by atoms with van der Waals surface area (Å²) in [5.41, 5.74) is 2.27. The first-order chi connectivity index (χ1) is 10.4. The summed E-state index contributed by atoms with van der Waals surface area (Å²) >= 11 is 0. The molecule has 1 saturated heterocycles. The molecule has 22 heavy (non-hydrogen) atoms. The zero-order valence-electron chi connectivity index (χ0n) is 13.1. The van der Waals surface area contributed by atoms with E-state index in [2.05, 4.69) is 28.7 Å². The van der Waals surface area contributed by atoms with Gasteiger partial charge in [-0.25, -0.2) is 4.79 Å². The van der Waals surface area contributed by atoms with E-state index in [1.54, 1.807) is 18.3 Å². The second kappa shape index (κ2) is 5.37. The highest BCUT2D eigenvalue weighted by Gasteiger charge is 2.37. The summed E-state index contributed by atoms with van der Waals surface area (Å²) in [5, 5.41) is 10.7. The predicted molar refractivity (Wildman–Crippen MR) is 82.4 cm³/mol. The van der Waals surface area contributed by atoms with Crippen molar-refractivity contribution in [3.8, 4) is 0 Å². The third kappa shape index (κ3) is 2.38. The number of fused-ring (bicyclic) bond motifs is 1. The third-order valence-electron chi connectivity index (χ3n) is 4.49. The number of aromatic amines is 1. The highest BCUT2D eigenvalue weighted by Crippen LogP contribution is 2.35. The molecule has 1 atom stereocenters. The van der Waals surface area contributed by atoms with Crippen molar-refractivity contribution in [3.63, 3.8) is 0 Å². The molecule has 2 aromatic rings. The number of methoxy groups -OCH3 is 1. The molecule has 3 heterocycles. The highest BCUT2D eigenvalue weighted by atomic mass is 16.5. The van der Waals surface area contributed by atoms with Gasteiger partial charge in [-0.05, 0) is 38.8 Å². The number of pyridine rings is 1. The monoisotopic (exact) mass is 303 g/mol. The number of nitrogens with one attached hydrogen (secondary N) is 1. The molecular formula is C16H21N3O3. The lowest BCUT2D eigenvalue weighted by Crippen LogP contribution is -2.40. The van der Waals surface area contributed by atoms with Gasteiger partial charge in [0, 0.05) is 18.3 Å². The Morgan fingerprint density at radius 3 is 2.95 bits per heavy atom. The molecule has 2 aromatic heterocycles. The summed E-state index contributed by atoms with van der Waals surface area (Å²) in [4.78, 5) is 21.3. The zero-order valence-corrected chi connectivity index (χ0v) is 13.1. The average Bonchev–Trinajstić information content (AvgIpc) is 3.08. The molecule has 6 heteroatoms. The molecular weight excluding hydrogens is 282 g/mol. The fraction of sp³-hybridized carbons (Fsp3) is 0.500. The van der Waals surface area contributed by atoms with Crippen molar-refractivity contribution in [1.29, 1.82) is 0 Å². The Hall–Kier alpha value is -1.92. The van der Waals surface area contributed by atoms with Crippen molar-refractivity contribution in [3.05, 3.63) is 29.6 Å². The van der Waals surface area contributed by atoms with Gasteiger partial charge in [0.05, 0.1) is 29.4 Å². The lowest BCUT2D eigenvalue weighted by atomic mass is 10.0. The Balaban J connectivity index is 2.00. The molecule has 1 aliphatic heterocycles. The molecule has 2 N–H and O–H groups in total. The average molecular weight is 303 g/mol. The smallest absolute Gasteiger partial charge is 0.340 e. The number of nitrogens with zero attached hydrogens (tertiary/aromatic N) is 2. The Bertz CT molecular complexity index is 708. The first kappa shape index (κ1) is 15.0. The van der Waals surface area contributed by atoms with Crippen LogP contribution < -0.4 is 0 Å². The number of ether oxygens (including phenoxy) is 1. The Morgan fingerprint density at radius 2 is 2.32 bits per heavy atom. The van der Waals surface area contributed by atoms with Crippen LogP contribution in [0.15, 0.2) is 18.3 Å². The Morgan fingerprint density at radius 1 is 1.55 bits per heavy atom. The Labute approximate surface area is 129 Å². The van der Waals surface area contributed by atoms with Gasteiger partial charge >= 0.3 is 5.97 Å². The molecule has 0 amide bonds. The van der Waals surface area contributed by atoms with Gasteiger partial charge in [0.1, 0.15) is 6.23 Å². The molecule has 0 bridgehead atoms. The van der Waals surface area contributed by atoms with E-state index >= 15 is 0 Å². The second-order valence-electron chi connectivity index (χ2n) is 6.32. The highest BCUT2D eigenvalue weighted by molar-refractivity contribution is 6.01. The quantitative estimate of drug-likeness (QED) is 0.850. The van der Waals surface area contributed by atoms with Gasteiger partial charge in [-0.1, -0.05) is 0 Å². The van der Waals surface area contributed by atoms with Crippen LogP contribution >= 0.6 is 0 Å². The molecule has 3 rings (SSSR count). The number of carbonyl (C=O) groups excluding carboxylic acids is 1. The van der Waals surface area contributed by atoms with Crippen molar-refractivity contribution in [2.24, 2.45) is 0 Å². The van der Waals surface area contributed by atoms with Crippen LogP contribution in [-0.4, -0.2) is 45.1 Å². The van der Waals surface area contributed by atoms with E-state index in [-0.39, 0.29) is 5.54 Å². The Kier molecular flexibility index (Phi) is 3.66. The van der Waals surface area contributed by atoms with Crippen molar-refractivity contribution in [2.45, 2.75) is 38.5 Å². The topological polar surface area (TPSA) is 78.5 Å². The summed E-state index contributed by atoms with van der Waals surface area (Å²) in [5.74, 6) is -0.420. The number of rotatable bonds is 3. The number of carbonyl (C=O) groups is 1. The van der Waals surface area contributed by atoms with Crippen molar-refractivity contribution in [1.82, 2.24) is 14.9 Å². The molecule has 1 aliphatic rings. The lowest BCUT2D eigenvalue weighted by Gasteiger charge is -2.35. The van der Waals surface area contributed by atoms with E-state index in [1.807, 2.05) is 0 Å². The summed E-state index contributed by atoms with van der Waals surface area (Å²) in [6, 6.07) is 3.40. The number of aromatic nitrogens is 2. The summed E-state index contributed by atoms with van der Waals surface area (Å²) < 4.78 is 4.79. The molecule has 1 unspecified atom stereocenters. The summed E-state index contributed by atoms with van der Waals surface area (Å²) in [7, 11) is 1.35. The van der Waals surface area contributed by atoms with Gasteiger partial charge in [-0.2, -0.15) is 0 Å². The standard InChI is InChI=1S/C16H21N3O3/c1-16(2)6-4-8-19(16)14(20)12-9-11-13(18-12)10(5-7-17-11)15(21)22-3/h5,7,9,14,18,20H,4,6,8H2,1-3H3. The van der Waals surface area contributed by atoms with Gasteiger partial charge in [-0.3, -0.25) is 9.88 Å². The van der Waals surface area contributed by atoms with Crippen LogP contribution in [0.2, 0.25) is 0 Å². The normalized spacial score (nSPS) is 19.5. The van der Waals surface area contributed by atoms with Crippen LogP contribution in [0.25, 0.3) is 11.0 Å². The van der Waals surface area contributed by atoms with E-state index < -0.39 is 12.2 Å². The number of esters is 1. The molecule has 0 radical (unpaired) electrons. The molecule has 6 nitrogen and oxygen atoms in total. The number of aliphatic hydroxyl groups excluding tert-OH is 1. The maximum atomic E-state index is 11.8. The maximum Gasteiger partial charge on any atom is 0.340 e. The molecule has 0 saturated carbocycles. The van der Waals surface area contributed by atoms with Crippen LogP contribution in [0.5, 0.6) is 0 Å². The second-order valence-corrected chi connectivity index (χ2v) is 6.32. The number of likely N-dealkylation sites (tertiary alicyclic amines) is 1. The van der Waals surface area contributed by atoms with Crippen molar-refractivity contribution < 1.29 is 14.6 Å². The minimum atomic E-state index is -0.739. The van der Waals surface area contributed by atoms with Crippen LogP contribution in [0.1, 0.15) is 49.0 Å². The molecule has 0 spiro atoms. The van der Waals surface area contributed by atoms with E-state index in [9.17, 15) is 9.90 Å². The maximum absolute atomic E-state index is 11.8. The number of hydrogen-bond acceptors (Lipinski definition) is 5. The van der Waals surface area contributed by atoms with Gasteiger partial charge in [0.2, 0.25) is 0 Å². The van der Waals surface area contributed by atoms with Crippen LogP contribution in [0, 0.1) is 0 Å². The van der Waals surface area contributed by atoms with E-state index in [4.69, 9.17) is 4.74 Å². The number of H-pyrrole nitrogens is 1.